The van der Waals surface area contributed by atoms with Crippen molar-refractivity contribution in [3.63, 3.8) is 0 Å². The van der Waals surface area contributed by atoms with Crippen LogP contribution in [0.3, 0.4) is 0 Å². The van der Waals surface area contributed by atoms with Crippen LogP contribution in [0.15, 0.2) is 5.16 Å². The van der Waals surface area contributed by atoms with Gasteiger partial charge in [0.05, 0.1) is 12.3 Å². The number of oxime groups is 1. The third-order valence-electron chi connectivity index (χ3n) is 2.90. The summed E-state index contributed by atoms with van der Waals surface area (Å²) in [7, 11) is 1.51. The predicted molar refractivity (Wildman–Crippen MR) is 57.7 cm³/mol. The summed E-state index contributed by atoms with van der Waals surface area (Å²) in [4.78, 5) is 16.6. The van der Waals surface area contributed by atoms with Crippen molar-refractivity contribution >= 4 is 11.7 Å². The second-order valence-corrected chi connectivity index (χ2v) is 3.98. The lowest BCUT2D eigenvalue weighted by Gasteiger charge is -2.31. The van der Waals surface area contributed by atoms with Gasteiger partial charge in [-0.15, -0.1) is 0 Å². The topological polar surface area (TPSA) is 47.9 Å². The van der Waals surface area contributed by atoms with E-state index in [-0.39, 0.29) is 5.97 Å². The minimum atomic E-state index is -0.579. The average Bonchev–Trinajstić information content (AvgIpc) is 2.22. The van der Waals surface area contributed by atoms with Gasteiger partial charge in [0.2, 0.25) is 0 Å². The number of ether oxygens (including phenoxy) is 1. The second-order valence-electron chi connectivity index (χ2n) is 3.98. The molecule has 1 unspecified atom stereocenters. The van der Waals surface area contributed by atoms with Crippen LogP contribution in [0.2, 0.25) is 0 Å². The normalized spacial score (nSPS) is 28.9. The first-order chi connectivity index (χ1) is 7.15. The molecule has 1 fully saturated rings. The maximum atomic E-state index is 11.8. The molecule has 1 rings (SSSR count). The SMILES string of the molecule is CCOC(=O)C1(C)CCCC/C1=N\OC. The van der Waals surface area contributed by atoms with Gasteiger partial charge in [-0.2, -0.15) is 0 Å². The largest absolute Gasteiger partial charge is 0.465 e. The van der Waals surface area contributed by atoms with Gasteiger partial charge in [0.15, 0.2) is 0 Å². The van der Waals surface area contributed by atoms with E-state index >= 15 is 0 Å². The molecule has 86 valence electrons. The van der Waals surface area contributed by atoms with E-state index in [1.54, 1.807) is 0 Å². The molecule has 0 bridgehead atoms. The number of esters is 1. The van der Waals surface area contributed by atoms with Gasteiger partial charge in [0, 0.05) is 0 Å². The highest BCUT2D eigenvalue weighted by Crippen LogP contribution is 2.35. The summed E-state index contributed by atoms with van der Waals surface area (Å²) in [6.45, 7) is 4.12. The van der Waals surface area contributed by atoms with Crippen molar-refractivity contribution in [2.75, 3.05) is 13.7 Å². The molecule has 0 aromatic rings. The highest BCUT2D eigenvalue weighted by Gasteiger charge is 2.42. The smallest absolute Gasteiger partial charge is 0.317 e. The maximum absolute atomic E-state index is 11.8. The number of nitrogens with zero attached hydrogens (tertiary/aromatic N) is 1. The Morgan fingerprint density at radius 3 is 2.87 bits per heavy atom. The molecule has 4 nitrogen and oxygen atoms in total. The molecule has 0 heterocycles. The van der Waals surface area contributed by atoms with E-state index in [0.717, 1.165) is 31.4 Å². The zero-order valence-electron chi connectivity index (χ0n) is 9.71. The van der Waals surface area contributed by atoms with Gasteiger partial charge in [0.1, 0.15) is 12.5 Å². The van der Waals surface area contributed by atoms with Gasteiger partial charge in [-0.3, -0.25) is 4.79 Å². The van der Waals surface area contributed by atoms with Gasteiger partial charge in [-0.25, -0.2) is 0 Å². The molecule has 15 heavy (non-hydrogen) atoms. The van der Waals surface area contributed by atoms with Crippen LogP contribution in [0.1, 0.15) is 39.5 Å². The fraction of sp³-hybridized carbons (Fsp3) is 0.818. The Morgan fingerprint density at radius 1 is 1.53 bits per heavy atom. The Labute approximate surface area is 90.6 Å². The molecule has 1 atom stereocenters. The molecule has 0 saturated heterocycles. The predicted octanol–water partition coefficient (Wildman–Crippen LogP) is 2.13. The van der Waals surface area contributed by atoms with E-state index in [9.17, 15) is 4.79 Å². The molecule has 4 heteroatoms. The fourth-order valence-corrected chi connectivity index (χ4v) is 1.96. The molecular formula is C11H19NO3. The monoisotopic (exact) mass is 213 g/mol. The Balaban J connectivity index is 2.85. The quantitative estimate of drug-likeness (QED) is 0.533. The zero-order valence-corrected chi connectivity index (χ0v) is 9.71. The Bertz CT molecular complexity index is 263. The van der Waals surface area contributed by atoms with Crippen LogP contribution in [-0.2, 0) is 14.4 Å². The highest BCUT2D eigenvalue weighted by molar-refractivity contribution is 6.06. The Kier molecular flexibility index (Phi) is 4.12. The minimum absolute atomic E-state index is 0.180. The third-order valence-corrected chi connectivity index (χ3v) is 2.90. The van der Waals surface area contributed by atoms with Crippen molar-refractivity contribution < 1.29 is 14.4 Å². The van der Waals surface area contributed by atoms with Crippen molar-refractivity contribution in [1.29, 1.82) is 0 Å². The Hall–Kier alpha value is -1.06. The van der Waals surface area contributed by atoms with Crippen LogP contribution < -0.4 is 0 Å². The summed E-state index contributed by atoms with van der Waals surface area (Å²) in [5, 5.41) is 3.96. The molecule has 0 amide bonds. The molecular weight excluding hydrogens is 194 g/mol. The van der Waals surface area contributed by atoms with Crippen LogP contribution in [0.5, 0.6) is 0 Å². The lowest BCUT2D eigenvalue weighted by molar-refractivity contribution is -0.151. The van der Waals surface area contributed by atoms with E-state index in [1.807, 2.05) is 13.8 Å². The molecule has 1 aliphatic carbocycles. The molecule has 0 aromatic heterocycles. The van der Waals surface area contributed by atoms with Crippen molar-refractivity contribution in [1.82, 2.24) is 0 Å². The molecule has 0 aromatic carbocycles. The summed E-state index contributed by atoms with van der Waals surface area (Å²) in [5.41, 5.74) is 0.235. The highest BCUT2D eigenvalue weighted by atomic mass is 16.6. The lowest BCUT2D eigenvalue weighted by Crippen LogP contribution is -2.40. The molecule has 1 aliphatic rings. The zero-order chi connectivity index (χ0) is 11.3. The van der Waals surface area contributed by atoms with Crippen molar-refractivity contribution in [3.8, 4) is 0 Å². The summed E-state index contributed by atoms with van der Waals surface area (Å²) in [6.07, 6.45) is 3.73. The number of rotatable bonds is 3. The number of carbonyl (C=O) groups is 1. The van der Waals surface area contributed by atoms with Gasteiger partial charge in [0.25, 0.3) is 0 Å². The lowest BCUT2D eigenvalue weighted by atomic mass is 9.74. The van der Waals surface area contributed by atoms with Crippen LogP contribution in [0.25, 0.3) is 0 Å². The van der Waals surface area contributed by atoms with Gasteiger partial charge < -0.3 is 9.57 Å². The van der Waals surface area contributed by atoms with Gasteiger partial charge >= 0.3 is 5.97 Å². The van der Waals surface area contributed by atoms with Gasteiger partial charge in [-0.05, 0) is 33.1 Å². The number of hydrogen-bond donors (Lipinski definition) is 0. The van der Waals surface area contributed by atoms with Crippen LogP contribution >= 0.6 is 0 Å². The number of carbonyl (C=O) groups excluding carboxylic acids is 1. The van der Waals surface area contributed by atoms with E-state index < -0.39 is 5.41 Å². The molecule has 0 radical (unpaired) electrons. The molecule has 0 spiro atoms. The first-order valence-electron chi connectivity index (χ1n) is 5.43. The first-order valence-corrected chi connectivity index (χ1v) is 5.43. The summed E-state index contributed by atoms with van der Waals surface area (Å²) >= 11 is 0. The molecule has 0 aliphatic heterocycles. The summed E-state index contributed by atoms with van der Waals surface area (Å²) < 4.78 is 5.09. The Morgan fingerprint density at radius 2 is 2.27 bits per heavy atom. The van der Waals surface area contributed by atoms with Crippen LogP contribution in [-0.4, -0.2) is 25.4 Å². The first kappa shape index (κ1) is 12.0. The second kappa shape index (κ2) is 5.14. The average molecular weight is 213 g/mol. The third kappa shape index (κ3) is 2.49. The van der Waals surface area contributed by atoms with E-state index in [1.165, 1.54) is 7.11 Å². The van der Waals surface area contributed by atoms with Crippen LogP contribution in [0.4, 0.5) is 0 Å². The van der Waals surface area contributed by atoms with Crippen molar-refractivity contribution in [2.45, 2.75) is 39.5 Å². The van der Waals surface area contributed by atoms with Crippen molar-refractivity contribution in [2.24, 2.45) is 10.6 Å². The standard InChI is InChI=1S/C11H19NO3/c1-4-15-10(13)11(2)8-6-5-7-9(11)12-14-3/h4-8H2,1-3H3/b12-9+. The van der Waals surface area contributed by atoms with Gasteiger partial charge in [-0.1, -0.05) is 11.6 Å². The molecule has 0 N–H and O–H groups in total. The fourth-order valence-electron chi connectivity index (χ4n) is 1.96. The van der Waals surface area contributed by atoms with Crippen LogP contribution in [0, 0.1) is 5.41 Å². The van der Waals surface area contributed by atoms with Crippen molar-refractivity contribution in [3.05, 3.63) is 0 Å². The summed E-state index contributed by atoms with van der Waals surface area (Å²) in [6, 6.07) is 0. The van der Waals surface area contributed by atoms with E-state index in [0.29, 0.717) is 6.61 Å². The maximum Gasteiger partial charge on any atom is 0.317 e. The van der Waals surface area contributed by atoms with E-state index in [4.69, 9.17) is 9.57 Å². The number of hydrogen-bond acceptors (Lipinski definition) is 4. The molecule has 1 saturated carbocycles. The minimum Gasteiger partial charge on any atom is -0.465 e. The summed E-state index contributed by atoms with van der Waals surface area (Å²) in [5.74, 6) is -0.180. The van der Waals surface area contributed by atoms with E-state index in [2.05, 4.69) is 5.16 Å².